The minimum Gasteiger partial charge on any atom is -0.483 e. The molecule has 0 atom stereocenters. The molecule has 0 aliphatic carbocycles. The van der Waals surface area contributed by atoms with Gasteiger partial charge in [0.05, 0.1) is 5.69 Å². The Bertz CT molecular complexity index is 623. The summed E-state index contributed by atoms with van der Waals surface area (Å²) in [5.41, 5.74) is 1.94. The largest absolute Gasteiger partial charge is 0.483 e. The summed E-state index contributed by atoms with van der Waals surface area (Å²) in [5, 5.41) is 0. The van der Waals surface area contributed by atoms with Gasteiger partial charge in [-0.25, -0.2) is 0 Å². The Hall–Kier alpha value is -1.55. The quantitative estimate of drug-likeness (QED) is 0.845. The molecule has 2 heterocycles. The molecule has 3 rings (SSSR count). The predicted molar refractivity (Wildman–Crippen MR) is 81.1 cm³/mol. The molecule has 20 heavy (non-hydrogen) atoms. The van der Waals surface area contributed by atoms with Crippen molar-refractivity contribution in [1.82, 2.24) is 4.98 Å². The molecule has 1 aliphatic heterocycles. The third-order valence-corrected chi connectivity index (χ3v) is 3.69. The maximum atomic E-state index is 5.98. The summed E-state index contributed by atoms with van der Waals surface area (Å²) in [6.45, 7) is 4.62. The van der Waals surface area contributed by atoms with Gasteiger partial charge < -0.3 is 9.47 Å². The van der Waals surface area contributed by atoms with Crippen molar-refractivity contribution in [2.45, 2.75) is 32.5 Å². The molecule has 0 radical (unpaired) electrons. The Morgan fingerprint density at radius 3 is 2.90 bits per heavy atom. The summed E-state index contributed by atoms with van der Waals surface area (Å²) in [4.78, 5) is 4.30. The Balaban J connectivity index is 1.76. The number of benzene rings is 1. The highest BCUT2D eigenvalue weighted by atomic mass is 79.9. The molecule has 0 saturated carbocycles. The van der Waals surface area contributed by atoms with Crippen LogP contribution in [-0.2, 0) is 13.0 Å². The topological polar surface area (TPSA) is 31.4 Å². The number of ether oxygens (including phenoxy) is 2. The number of halogens is 1. The number of para-hydroxylation sites is 1. The third-order valence-electron chi connectivity index (χ3n) is 3.22. The lowest BCUT2D eigenvalue weighted by molar-refractivity contribution is 0.131. The molecular formula is C16H16BrNO2. The molecule has 104 valence electrons. The van der Waals surface area contributed by atoms with Crippen molar-refractivity contribution in [3.63, 3.8) is 0 Å². The van der Waals surface area contributed by atoms with Gasteiger partial charge >= 0.3 is 0 Å². The maximum Gasteiger partial charge on any atom is 0.165 e. The van der Waals surface area contributed by atoms with Gasteiger partial charge in [0.25, 0.3) is 0 Å². The first-order valence-electron chi connectivity index (χ1n) is 6.58. The van der Waals surface area contributed by atoms with Crippen molar-refractivity contribution in [3.8, 4) is 11.5 Å². The van der Waals surface area contributed by atoms with Crippen LogP contribution in [0.2, 0.25) is 0 Å². The van der Waals surface area contributed by atoms with E-state index >= 15 is 0 Å². The average Bonchev–Trinajstić information content (AvgIpc) is 2.72. The molecule has 0 saturated heterocycles. The summed E-state index contributed by atoms with van der Waals surface area (Å²) in [5.74, 6) is 1.66. The number of hydrogen-bond acceptors (Lipinski definition) is 3. The van der Waals surface area contributed by atoms with E-state index in [1.807, 2.05) is 24.3 Å². The van der Waals surface area contributed by atoms with Crippen LogP contribution in [0.25, 0.3) is 0 Å². The van der Waals surface area contributed by atoms with Gasteiger partial charge in [0, 0.05) is 22.7 Å². The van der Waals surface area contributed by atoms with Crippen molar-refractivity contribution in [2.24, 2.45) is 0 Å². The summed E-state index contributed by atoms with van der Waals surface area (Å²) >= 11 is 3.37. The van der Waals surface area contributed by atoms with Crippen LogP contribution in [0, 0.1) is 0 Å². The second-order valence-electron chi connectivity index (χ2n) is 5.54. The summed E-state index contributed by atoms with van der Waals surface area (Å²) < 4.78 is 12.8. The zero-order chi connectivity index (χ0) is 14.2. The molecule has 1 aromatic heterocycles. The van der Waals surface area contributed by atoms with Crippen LogP contribution in [0.15, 0.2) is 41.0 Å². The first-order chi connectivity index (χ1) is 9.53. The molecule has 0 unspecified atom stereocenters. The van der Waals surface area contributed by atoms with E-state index in [0.717, 1.165) is 28.1 Å². The van der Waals surface area contributed by atoms with E-state index in [-0.39, 0.29) is 5.60 Å². The molecule has 4 heteroatoms. The SMILES string of the molecule is CC1(C)Cc2cccc(OCc3ccc(Br)cn3)c2O1. The summed E-state index contributed by atoms with van der Waals surface area (Å²) in [6.07, 6.45) is 2.68. The first-order valence-corrected chi connectivity index (χ1v) is 7.37. The van der Waals surface area contributed by atoms with Crippen molar-refractivity contribution in [3.05, 3.63) is 52.3 Å². The van der Waals surface area contributed by atoms with Crippen molar-refractivity contribution in [1.29, 1.82) is 0 Å². The minimum absolute atomic E-state index is 0.155. The van der Waals surface area contributed by atoms with Crippen LogP contribution in [0.3, 0.4) is 0 Å². The minimum atomic E-state index is -0.155. The van der Waals surface area contributed by atoms with E-state index in [0.29, 0.717) is 6.61 Å². The number of nitrogens with zero attached hydrogens (tertiary/aromatic N) is 1. The van der Waals surface area contributed by atoms with E-state index in [4.69, 9.17) is 9.47 Å². The smallest absolute Gasteiger partial charge is 0.165 e. The normalized spacial score (nSPS) is 15.6. The van der Waals surface area contributed by atoms with Gasteiger partial charge in [0.2, 0.25) is 0 Å². The molecule has 1 aliphatic rings. The van der Waals surface area contributed by atoms with Crippen LogP contribution in [0.1, 0.15) is 25.1 Å². The Labute approximate surface area is 127 Å². The molecule has 2 aromatic rings. The summed E-state index contributed by atoms with van der Waals surface area (Å²) in [6, 6.07) is 9.95. The Kier molecular flexibility index (Phi) is 3.42. The Morgan fingerprint density at radius 2 is 2.15 bits per heavy atom. The lowest BCUT2D eigenvalue weighted by Crippen LogP contribution is -2.24. The lowest BCUT2D eigenvalue weighted by Gasteiger charge is -2.18. The second kappa shape index (κ2) is 5.09. The monoisotopic (exact) mass is 333 g/mol. The highest BCUT2D eigenvalue weighted by Gasteiger charge is 2.32. The fraction of sp³-hybridized carbons (Fsp3) is 0.312. The fourth-order valence-electron chi connectivity index (χ4n) is 2.34. The van der Waals surface area contributed by atoms with Gasteiger partial charge in [-0.1, -0.05) is 12.1 Å². The third kappa shape index (κ3) is 2.80. The second-order valence-corrected chi connectivity index (χ2v) is 6.46. The predicted octanol–water partition coefficient (Wildman–Crippen LogP) is 4.14. The molecule has 0 bridgehead atoms. The van der Waals surface area contributed by atoms with E-state index in [1.165, 1.54) is 5.56 Å². The zero-order valence-corrected chi connectivity index (χ0v) is 13.1. The van der Waals surface area contributed by atoms with E-state index in [1.54, 1.807) is 6.20 Å². The maximum absolute atomic E-state index is 5.98. The lowest BCUT2D eigenvalue weighted by atomic mass is 10.0. The number of rotatable bonds is 3. The van der Waals surface area contributed by atoms with Crippen molar-refractivity contribution >= 4 is 15.9 Å². The van der Waals surface area contributed by atoms with Crippen molar-refractivity contribution < 1.29 is 9.47 Å². The number of pyridine rings is 1. The summed E-state index contributed by atoms with van der Waals surface area (Å²) in [7, 11) is 0. The molecule has 3 nitrogen and oxygen atoms in total. The first kappa shape index (κ1) is 13.4. The van der Waals surface area contributed by atoms with Crippen LogP contribution in [-0.4, -0.2) is 10.6 Å². The molecule has 1 aromatic carbocycles. The highest BCUT2D eigenvalue weighted by molar-refractivity contribution is 9.10. The Morgan fingerprint density at radius 1 is 1.30 bits per heavy atom. The molecule has 0 spiro atoms. The van der Waals surface area contributed by atoms with Gasteiger partial charge in [-0.15, -0.1) is 0 Å². The van der Waals surface area contributed by atoms with E-state index in [2.05, 4.69) is 40.8 Å². The van der Waals surface area contributed by atoms with Crippen LogP contribution in [0.5, 0.6) is 11.5 Å². The fourth-order valence-corrected chi connectivity index (χ4v) is 2.58. The van der Waals surface area contributed by atoms with Gasteiger partial charge in [0.1, 0.15) is 12.2 Å². The van der Waals surface area contributed by atoms with Gasteiger partial charge in [-0.3, -0.25) is 4.98 Å². The molecule has 0 amide bonds. The van der Waals surface area contributed by atoms with Gasteiger partial charge in [0.15, 0.2) is 11.5 Å². The van der Waals surface area contributed by atoms with Gasteiger partial charge in [-0.05, 0) is 48.0 Å². The van der Waals surface area contributed by atoms with Crippen LogP contribution in [0.4, 0.5) is 0 Å². The zero-order valence-electron chi connectivity index (χ0n) is 11.5. The van der Waals surface area contributed by atoms with E-state index in [9.17, 15) is 0 Å². The average molecular weight is 334 g/mol. The standard InChI is InChI=1S/C16H16BrNO2/c1-16(2)8-11-4-3-5-14(15(11)20-16)19-10-13-7-6-12(17)9-18-13/h3-7,9H,8,10H2,1-2H3. The molecule has 0 fully saturated rings. The van der Waals surface area contributed by atoms with Gasteiger partial charge in [-0.2, -0.15) is 0 Å². The van der Waals surface area contributed by atoms with Crippen LogP contribution < -0.4 is 9.47 Å². The van der Waals surface area contributed by atoms with Crippen molar-refractivity contribution in [2.75, 3.05) is 0 Å². The van der Waals surface area contributed by atoms with Crippen LogP contribution >= 0.6 is 15.9 Å². The van der Waals surface area contributed by atoms with E-state index < -0.39 is 0 Å². The number of hydrogen-bond donors (Lipinski definition) is 0. The molecule has 0 N–H and O–H groups in total. The number of aromatic nitrogens is 1. The highest BCUT2D eigenvalue weighted by Crippen LogP contribution is 2.41. The number of fused-ring (bicyclic) bond motifs is 1. The molecular weight excluding hydrogens is 318 g/mol.